The summed E-state index contributed by atoms with van der Waals surface area (Å²) in [6.45, 7) is 1.97. The van der Waals surface area contributed by atoms with E-state index in [1.165, 1.54) is 54.7 Å². The topological polar surface area (TPSA) is 74.6 Å². The van der Waals surface area contributed by atoms with Gasteiger partial charge in [0.1, 0.15) is 0 Å². The van der Waals surface area contributed by atoms with Gasteiger partial charge in [-0.05, 0) is 30.7 Å². The molecule has 0 aromatic heterocycles. The van der Waals surface area contributed by atoms with Crippen molar-refractivity contribution in [1.29, 1.82) is 0 Å². The van der Waals surface area contributed by atoms with Crippen molar-refractivity contribution in [3.05, 3.63) is 24.3 Å². The number of hydrogen-bond acceptors (Lipinski definition) is 4. The van der Waals surface area contributed by atoms with Gasteiger partial charge < -0.3 is 10.2 Å². The molecule has 6 heteroatoms. The third-order valence-corrected chi connectivity index (χ3v) is 7.15. The minimum atomic E-state index is -0.742. The first kappa shape index (κ1) is 25.9. The lowest BCUT2D eigenvalue weighted by Gasteiger charge is -2.12. The van der Waals surface area contributed by atoms with Gasteiger partial charge in [-0.15, -0.1) is 23.5 Å². The highest BCUT2D eigenvalue weighted by Crippen LogP contribution is 2.34. The average molecular weight is 441 g/mol. The van der Waals surface area contributed by atoms with E-state index in [0.717, 1.165) is 25.0 Å². The van der Waals surface area contributed by atoms with Crippen molar-refractivity contribution in [1.82, 2.24) is 0 Å². The molecule has 0 aliphatic heterocycles. The number of rotatable bonds is 18. The molecule has 1 aromatic rings. The molecule has 0 aliphatic rings. The molecule has 1 unspecified atom stereocenters. The van der Waals surface area contributed by atoms with Crippen molar-refractivity contribution in [3.63, 3.8) is 0 Å². The van der Waals surface area contributed by atoms with Gasteiger partial charge in [0.25, 0.3) is 0 Å². The van der Waals surface area contributed by atoms with Crippen LogP contribution < -0.4 is 0 Å². The molecule has 0 radical (unpaired) electrons. The summed E-state index contributed by atoms with van der Waals surface area (Å²) < 4.78 is 0. The summed E-state index contributed by atoms with van der Waals surface area (Å²) in [4.78, 5) is 23.8. The molecule has 0 saturated heterocycles. The first-order valence-electron chi connectivity index (χ1n) is 10.8. The van der Waals surface area contributed by atoms with E-state index >= 15 is 0 Å². The van der Waals surface area contributed by atoms with Gasteiger partial charge in [-0.3, -0.25) is 9.59 Å². The van der Waals surface area contributed by atoms with E-state index in [0.29, 0.717) is 6.42 Å². The molecule has 1 aromatic carbocycles. The predicted molar refractivity (Wildman–Crippen MR) is 123 cm³/mol. The molecule has 0 bridgehead atoms. The van der Waals surface area contributed by atoms with Gasteiger partial charge in [-0.2, -0.15) is 0 Å². The lowest BCUT2D eigenvalue weighted by Crippen LogP contribution is -2.05. The van der Waals surface area contributed by atoms with E-state index in [2.05, 4.69) is 18.2 Å². The molecule has 29 heavy (non-hydrogen) atoms. The first-order chi connectivity index (χ1) is 14.0. The maximum atomic E-state index is 10.9. The van der Waals surface area contributed by atoms with Crippen LogP contribution in [-0.4, -0.2) is 33.2 Å². The van der Waals surface area contributed by atoms with Crippen molar-refractivity contribution in [2.24, 2.45) is 0 Å². The molecule has 1 rings (SSSR count). The molecule has 4 nitrogen and oxygen atoms in total. The van der Waals surface area contributed by atoms with Gasteiger partial charge in [0.05, 0.1) is 6.42 Å². The van der Waals surface area contributed by atoms with Crippen LogP contribution in [0.2, 0.25) is 0 Å². The third kappa shape index (κ3) is 14.5. The first-order valence-corrected chi connectivity index (χ1v) is 12.7. The van der Waals surface area contributed by atoms with Crippen LogP contribution in [0.3, 0.4) is 0 Å². The number of carboxylic acid groups (broad SMARTS) is 2. The number of unbranched alkanes of at least 4 members (excludes halogenated alkanes) is 9. The Balaban J connectivity index is 2.05. The van der Waals surface area contributed by atoms with Crippen LogP contribution in [-0.2, 0) is 9.59 Å². The summed E-state index contributed by atoms with van der Waals surface area (Å²) in [5.74, 6) is -0.319. The van der Waals surface area contributed by atoms with Crippen molar-refractivity contribution in [2.75, 3.05) is 5.75 Å². The van der Waals surface area contributed by atoms with Crippen LogP contribution in [0.5, 0.6) is 0 Å². The molecule has 0 aliphatic carbocycles. The Kier molecular flexibility index (Phi) is 14.9. The van der Waals surface area contributed by atoms with Crippen LogP contribution in [0.4, 0.5) is 0 Å². The van der Waals surface area contributed by atoms with E-state index < -0.39 is 11.9 Å². The lowest BCUT2D eigenvalue weighted by molar-refractivity contribution is -0.138. The van der Waals surface area contributed by atoms with E-state index in [1.807, 2.05) is 24.8 Å². The molecule has 164 valence electrons. The highest BCUT2D eigenvalue weighted by atomic mass is 32.2. The van der Waals surface area contributed by atoms with Gasteiger partial charge >= 0.3 is 11.9 Å². The highest BCUT2D eigenvalue weighted by Gasteiger charge is 2.11. The number of aliphatic carboxylic acids is 2. The van der Waals surface area contributed by atoms with Crippen LogP contribution in [0.15, 0.2) is 34.1 Å². The molecular weight excluding hydrogens is 404 g/mol. The normalized spacial score (nSPS) is 12.0. The smallest absolute Gasteiger partial charge is 0.304 e. The number of carboxylic acids is 2. The number of carbonyl (C=O) groups is 2. The Morgan fingerprint density at radius 2 is 1.31 bits per heavy atom. The second-order valence-electron chi connectivity index (χ2n) is 7.50. The second kappa shape index (κ2) is 16.6. The van der Waals surface area contributed by atoms with Gasteiger partial charge in [-0.1, -0.05) is 70.4 Å². The maximum absolute atomic E-state index is 10.9. The summed E-state index contributed by atoms with van der Waals surface area (Å²) in [7, 11) is 0. The average Bonchev–Trinajstić information content (AvgIpc) is 2.65. The summed E-state index contributed by atoms with van der Waals surface area (Å²) in [5.41, 5.74) is 0. The highest BCUT2D eigenvalue weighted by molar-refractivity contribution is 8.02. The molecule has 0 amide bonds. The van der Waals surface area contributed by atoms with Crippen molar-refractivity contribution >= 4 is 35.5 Å². The molecule has 0 heterocycles. The van der Waals surface area contributed by atoms with Crippen molar-refractivity contribution in [2.45, 2.75) is 99.0 Å². The van der Waals surface area contributed by atoms with E-state index in [-0.39, 0.29) is 11.7 Å². The van der Waals surface area contributed by atoms with Gasteiger partial charge in [0.15, 0.2) is 0 Å². The standard InChI is InChI=1S/C23H36O4S2/c1-19(18-23(26)27)29-21-15-12-11-14-20(21)28-17-13-9-7-5-3-2-4-6-8-10-16-22(24)25/h11-12,14-15,19H,2-10,13,16-18H2,1H3,(H,24,25)(H,26,27). The van der Waals surface area contributed by atoms with E-state index in [9.17, 15) is 9.59 Å². The fraction of sp³-hybridized carbons (Fsp3) is 0.652. The Hall–Kier alpha value is -1.14. The van der Waals surface area contributed by atoms with E-state index in [4.69, 9.17) is 10.2 Å². The molecule has 1 atom stereocenters. The predicted octanol–water partition coefficient (Wildman–Crippen LogP) is 7.11. The third-order valence-electron chi connectivity index (χ3n) is 4.68. The van der Waals surface area contributed by atoms with E-state index in [1.54, 1.807) is 11.8 Å². The van der Waals surface area contributed by atoms with Gasteiger partial charge in [-0.25, -0.2) is 0 Å². The molecule has 0 saturated carbocycles. The maximum Gasteiger partial charge on any atom is 0.304 e. The largest absolute Gasteiger partial charge is 0.481 e. The Morgan fingerprint density at radius 3 is 1.86 bits per heavy atom. The molecular formula is C23H36O4S2. The SMILES string of the molecule is CC(CC(=O)O)Sc1ccccc1SCCCCCCCCCCCCC(=O)O. The van der Waals surface area contributed by atoms with Crippen LogP contribution in [0.1, 0.15) is 84.0 Å². The van der Waals surface area contributed by atoms with Crippen LogP contribution >= 0.6 is 23.5 Å². The van der Waals surface area contributed by atoms with Crippen molar-refractivity contribution < 1.29 is 19.8 Å². The number of hydrogen-bond donors (Lipinski definition) is 2. The lowest BCUT2D eigenvalue weighted by atomic mass is 10.1. The van der Waals surface area contributed by atoms with Gasteiger partial charge in [0.2, 0.25) is 0 Å². The van der Waals surface area contributed by atoms with Crippen molar-refractivity contribution in [3.8, 4) is 0 Å². The molecule has 0 spiro atoms. The quantitative estimate of drug-likeness (QED) is 0.187. The summed E-state index contributed by atoms with van der Waals surface area (Å²) in [6.07, 6.45) is 12.3. The zero-order valence-electron chi connectivity index (χ0n) is 17.6. The fourth-order valence-electron chi connectivity index (χ4n) is 3.15. The second-order valence-corrected chi connectivity index (χ2v) is 10.1. The number of thioether (sulfide) groups is 2. The number of benzene rings is 1. The zero-order chi connectivity index (χ0) is 21.3. The minimum Gasteiger partial charge on any atom is -0.481 e. The van der Waals surface area contributed by atoms with Crippen LogP contribution in [0, 0.1) is 0 Å². The summed E-state index contributed by atoms with van der Waals surface area (Å²) in [5, 5.41) is 17.6. The fourth-order valence-corrected chi connectivity index (χ4v) is 5.42. The zero-order valence-corrected chi connectivity index (χ0v) is 19.2. The van der Waals surface area contributed by atoms with Gasteiger partial charge in [0, 0.05) is 21.5 Å². The Morgan fingerprint density at radius 1 is 0.793 bits per heavy atom. The summed E-state index contributed by atoms with van der Waals surface area (Å²) in [6, 6.07) is 8.30. The minimum absolute atomic E-state index is 0.0754. The Bertz CT molecular complexity index is 592. The van der Waals surface area contributed by atoms with Crippen LogP contribution in [0.25, 0.3) is 0 Å². The Labute approximate surface area is 184 Å². The molecule has 0 fully saturated rings. The monoisotopic (exact) mass is 440 g/mol. The summed E-state index contributed by atoms with van der Waals surface area (Å²) >= 11 is 3.53. The molecule has 2 N–H and O–H groups in total.